The number of aliphatic hydroxyl groups is 1. The Balaban J connectivity index is 2.39. The van der Waals surface area contributed by atoms with Crippen molar-refractivity contribution < 1.29 is 53.4 Å². The minimum atomic E-state index is -1.59. The highest BCUT2D eigenvalue weighted by Crippen LogP contribution is 2.13. The third-order valence-electron chi connectivity index (χ3n) is 12.1. The van der Waals surface area contributed by atoms with Crippen LogP contribution in [0.4, 0.5) is 0 Å². The van der Waals surface area contributed by atoms with Crippen LogP contribution in [0.3, 0.4) is 0 Å². The number of rotatable bonds is 30. The van der Waals surface area contributed by atoms with Crippen molar-refractivity contribution in [3.05, 3.63) is 71.8 Å². The molecule has 0 saturated carbocycles. The van der Waals surface area contributed by atoms with Crippen molar-refractivity contribution in [1.82, 2.24) is 42.5 Å². The topological polar surface area (TPSA) is 316 Å². The summed E-state index contributed by atoms with van der Waals surface area (Å²) < 4.78 is 0. The van der Waals surface area contributed by atoms with Crippen LogP contribution in [0.25, 0.3) is 0 Å². The number of hydrogen-bond donors (Lipinski definition) is 11. The lowest BCUT2D eigenvalue weighted by Crippen LogP contribution is -2.62. The maximum absolute atomic E-state index is 14.3. The molecule has 400 valence electrons. The molecule has 0 aliphatic heterocycles. The van der Waals surface area contributed by atoms with E-state index in [0.29, 0.717) is 17.5 Å². The van der Waals surface area contributed by atoms with Crippen LogP contribution < -0.4 is 48.3 Å². The van der Waals surface area contributed by atoms with Gasteiger partial charge in [-0.2, -0.15) is 0 Å². The predicted octanol–water partition coefficient (Wildman–Crippen LogP) is 1.22. The molecule has 0 aliphatic carbocycles. The molecule has 72 heavy (non-hydrogen) atoms. The van der Waals surface area contributed by atoms with Gasteiger partial charge in [-0.1, -0.05) is 136 Å². The van der Waals surface area contributed by atoms with E-state index >= 15 is 0 Å². The van der Waals surface area contributed by atoms with Gasteiger partial charge < -0.3 is 58.5 Å². The third kappa shape index (κ3) is 21.1. The Morgan fingerprint density at radius 2 is 0.875 bits per heavy atom. The number of nitrogens with one attached hydrogen (secondary N) is 8. The first-order valence-corrected chi connectivity index (χ1v) is 24.9. The number of carbonyl (C=O) groups is 9. The van der Waals surface area contributed by atoms with E-state index in [9.17, 15) is 53.4 Å². The van der Waals surface area contributed by atoms with Crippen LogP contribution in [-0.2, 0) is 56.0 Å². The van der Waals surface area contributed by atoms with Gasteiger partial charge in [-0.05, 0) is 60.5 Å². The summed E-state index contributed by atoms with van der Waals surface area (Å²) >= 11 is 0. The van der Waals surface area contributed by atoms with Crippen molar-refractivity contribution in [2.75, 3.05) is 6.54 Å². The van der Waals surface area contributed by atoms with Gasteiger partial charge in [0, 0.05) is 12.8 Å². The summed E-state index contributed by atoms with van der Waals surface area (Å²) in [7, 11) is 0. The monoisotopic (exact) mass is 1010 g/mol. The lowest BCUT2D eigenvalue weighted by Gasteiger charge is -2.29. The highest BCUT2D eigenvalue weighted by molar-refractivity contribution is 5.98. The van der Waals surface area contributed by atoms with Crippen molar-refractivity contribution in [3.8, 4) is 0 Å². The number of carboxylic acid groups (broad SMARTS) is 1. The Morgan fingerprint density at radius 3 is 1.32 bits per heavy atom. The minimum Gasteiger partial charge on any atom is -0.480 e. The summed E-state index contributed by atoms with van der Waals surface area (Å²) in [6, 6.07) is 7.69. The summed E-state index contributed by atoms with van der Waals surface area (Å²) in [5, 5.41) is 41.1. The van der Waals surface area contributed by atoms with Gasteiger partial charge in [0.2, 0.25) is 47.3 Å². The molecule has 20 nitrogen and oxygen atoms in total. The molecule has 20 heteroatoms. The van der Waals surface area contributed by atoms with Crippen LogP contribution in [0.5, 0.6) is 0 Å². The quantitative estimate of drug-likeness (QED) is 0.0527. The highest BCUT2D eigenvalue weighted by atomic mass is 16.4. The van der Waals surface area contributed by atoms with Gasteiger partial charge in [0.1, 0.15) is 42.3 Å². The van der Waals surface area contributed by atoms with Crippen molar-refractivity contribution in [3.63, 3.8) is 0 Å². The fraction of sp³-hybridized carbons (Fsp3) is 0.596. The lowest BCUT2D eigenvalue weighted by molar-refractivity contribution is -0.144. The molecule has 0 heterocycles. The van der Waals surface area contributed by atoms with Crippen molar-refractivity contribution in [2.24, 2.45) is 35.3 Å². The second-order valence-electron chi connectivity index (χ2n) is 20.1. The molecule has 0 aliphatic rings. The molecule has 0 spiro atoms. The molecule has 2 rings (SSSR count). The molecule has 0 aromatic heterocycles. The largest absolute Gasteiger partial charge is 0.480 e. The molecule has 0 radical (unpaired) electrons. The molecule has 8 amide bonds. The van der Waals surface area contributed by atoms with E-state index in [0.717, 1.165) is 0 Å². The van der Waals surface area contributed by atoms with Crippen molar-refractivity contribution in [2.45, 2.75) is 163 Å². The lowest BCUT2D eigenvalue weighted by atomic mass is 9.97. The number of aliphatic hydroxyl groups excluding tert-OH is 1. The van der Waals surface area contributed by atoms with E-state index in [4.69, 9.17) is 5.73 Å². The van der Waals surface area contributed by atoms with Crippen molar-refractivity contribution >= 4 is 53.2 Å². The number of carboxylic acids is 1. The average Bonchev–Trinajstić information content (AvgIpc) is 3.31. The van der Waals surface area contributed by atoms with Crippen molar-refractivity contribution in [1.29, 1.82) is 0 Å². The molecule has 0 fully saturated rings. The van der Waals surface area contributed by atoms with E-state index in [1.165, 1.54) is 6.92 Å². The first-order valence-electron chi connectivity index (χ1n) is 24.9. The summed E-state index contributed by atoms with van der Waals surface area (Å²) in [6.45, 7) is 18.3. The summed E-state index contributed by atoms with van der Waals surface area (Å²) in [4.78, 5) is 122. The second kappa shape index (κ2) is 30.5. The molecule has 2 aromatic carbocycles. The third-order valence-corrected chi connectivity index (χ3v) is 12.1. The molecule has 0 unspecified atom stereocenters. The first-order chi connectivity index (χ1) is 33.7. The van der Waals surface area contributed by atoms with Crippen LogP contribution >= 0.6 is 0 Å². The van der Waals surface area contributed by atoms with Crippen LogP contribution in [0.1, 0.15) is 107 Å². The molecule has 0 bridgehead atoms. The smallest absolute Gasteiger partial charge is 0.326 e. The van der Waals surface area contributed by atoms with Gasteiger partial charge in [-0.25, -0.2) is 4.79 Å². The van der Waals surface area contributed by atoms with Crippen LogP contribution in [0.2, 0.25) is 0 Å². The maximum atomic E-state index is 14.3. The van der Waals surface area contributed by atoms with Gasteiger partial charge >= 0.3 is 5.97 Å². The Kier molecular flexibility index (Phi) is 26.1. The van der Waals surface area contributed by atoms with E-state index in [1.807, 2.05) is 27.7 Å². The number of benzene rings is 2. The van der Waals surface area contributed by atoms with Gasteiger partial charge in [0.05, 0.1) is 18.7 Å². The molecule has 12 N–H and O–H groups in total. The van der Waals surface area contributed by atoms with Gasteiger partial charge in [0.15, 0.2) is 0 Å². The molecule has 10 atom stereocenters. The fourth-order valence-corrected chi connectivity index (χ4v) is 7.58. The Morgan fingerprint density at radius 1 is 0.486 bits per heavy atom. The van der Waals surface area contributed by atoms with E-state index in [2.05, 4.69) is 42.5 Å². The normalized spacial score (nSPS) is 15.6. The van der Waals surface area contributed by atoms with E-state index in [-0.39, 0.29) is 43.4 Å². The number of amides is 8. The van der Waals surface area contributed by atoms with Gasteiger partial charge in [0.25, 0.3) is 0 Å². The molecule has 2 aromatic rings. The molecular formula is C52H81N9O11. The zero-order chi connectivity index (χ0) is 54.4. The van der Waals surface area contributed by atoms with Crippen LogP contribution in [0.15, 0.2) is 60.7 Å². The predicted molar refractivity (Wildman–Crippen MR) is 272 cm³/mol. The summed E-state index contributed by atoms with van der Waals surface area (Å²) in [5.41, 5.74) is 7.43. The number of carbonyl (C=O) groups excluding carboxylic acids is 8. The number of aliphatic carboxylic acids is 1. The fourth-order valence-electron chi connectivity index (χ4n) is 7.58. The maximum Gasteiger partial charge on any atom is 0.326 e. The van der Waals surface area contributed by atoms with Crippen LogP contribution in [0, 0.1) is 29.6 Å². The minimum absolute atomic E-state index is 0.000983. The highest BCUT2D eigenvalue weighted by Gasteiger charge is 2.36. The Labute approximate surface area is 424 Å². The number of nitrogens with two attached hydrogens (primary N) is 1. The zero-order valence-corrected chi connectivity index (χ0v) is 43.7. The summed E-state index contributed by atoms with van der Waals surface area (Å²) in [6.07, 6.45) is -0.540. The zero-order valence-electron chi connectivity index (χ0n) is 43.7. The van der Waals surface area contributed by atoms with Gasteiger partial charge in [-0.15, -0.1) is 0 Å². The Hall–Kier alpha value is -6.41. The van der Waals surface area contributed by atoms with Crippen LogP contribution in [-0.4, -0.2) is 124 Å². The molecule has 0 saturated heterocycles. The first kappa shape index (κ1) is 61.7. The molecular weight excluding hydrogens is 927 g/mol. The van der Waals surface area contributed by atoms with E-state index < -0.39 is 126 Å². The average molecular weight is 1010 g/mol. The SMILES string of the molecule is CC[C@H](C)[C@H](N)C(=O)N[C@@H](CC(C)C)C(=O)NCC(=O)N[C@@H](Cc1ccccc1)C(=O)N[C@H](C(=O)N[C@@H](Cc1ccccc1)C(=O)N[C@@H](CC(C)C)C(=O)N[C@H](C(=O)N[C@H](C(=O)O)C(C)C)[C@@H](C)O)C(C)C. The standard InChI is InChI=1S/C52H81N9O11/c1-12-32(10)41(53)49(68)57-36(23-28(2)3)45(64)54-27-40(63)55-38(25-34-19-15-13-16-20-34)48(67)59-42(30(6)7)50(69)58-39(26-35-21-17-14-18-22-35)46(65)56-37(24-29(4)5)47(66)61-44(33(11)62)51(70)60-43(31(8)9)52(71)72/h13-22,28-33,36-39,41-44,62H,12,23-27,53H2,1-11H3,(H,54,64)(H,55,63)(H,56,65)(H,57,68)(H,58,69)(H,59,67)(H,60,70)(H,61,66)(H,71,72)/t32-,33+,36-,37-,38-,39-,41-,42-,43-,44-/m0/s1. The number of hydrogen-bond acceptors (Lipinski definition) is 11. The Bertz CT molecular complexity index is 2100. The van der Waals surface area contributed by atoms with E-state index in [1.54, 1.807) is 102 Å². The second-order valence-corrected chi connectivity index (χ2v) is 20.1. The van der Waals surface area contributed by atoms with Gasteiger partial charge in [-0.3, -0.25) is 38.4 Å². The summed E-state index contributed by atoms with van der Waals surface area (Å²) in [5.74, 6) is -8.62.